The van der Waals surface area contributed by atoms with Crippen LogP contribution in [0.15, 0.2) is 41.8 Å². The zero-order chi connectivity index (χ0) is 22.1. The Morgan fingerprint density at radius 2 is 1.81 bits per heavy atom. The summed E-state index contributed by atoms with van der Waals surface area (Å²) in [5.74, 6) is 0.799. The Morgan fingerprint density at radius 3 is 2.48 bits per heavy atom. The average Bonchev–Trinajstić information content (AvgIpc) is 3.27. The Morgan fingerprint density at radius 1 is 1.06 bits per heavy atom. The monoisotopic (exact) mass is 464 g/mol. The standard InChI is InChI=1S/C23H25ClO6S/c1-2-29-14-5-3-12(4-6-14)9-13-10-16(23-15(18(13)24)7-8-31-23)22-21(28)20(27)19(26)17(11-25)30-22/h3-8,10,17,19-22,25-28H,2,9,11H2,1H3/t17-,19-,20+,21-,22+/m1/s1. The molecular formula is C23H25ClO6S. The lowest BCUT2D eigenvalue weighted by Crippen LogP contribution is -2.55. The topological polar surface area (TPSA) is 99.4 Å². The smallest absolute Gasteiger partial charge is 0.119 e. The minimum atomic E-state index is -1.43. The molecule has 1 aliphatic heterocycles. The Balaban J connectivity index is 1.73. The van der Waals surface area contributed by atoms with E-state index in [1.54, 1.807) is 0 Å². The first-order valence-corrected chi connectivity index (χ1v) is 11.4. The molecule has 3 aromatic rings. The Hall–Kier alpha value is -1.71. The highest BCUT2D eigenvalue weighted by Crippen LogP contribution is 2.42. The normalized spacial score (nSPS) is 26.3. The predicted octanol–water partition coefficient (Wildman–Crippen LogP) is 3.06. The van der Waals surface area contributed by atoms with Crippen LogP contribution in [0.3, 0.4) is 0 Å². The van der Waals surface area contributed by atoms with Gasteiger partial charge < -0.3 is 29.9 Å². The van der Waals surface area contributed by atoms with Crippen molar-refractivity contribution in [3.8, 4) is 5.75 Å². The van der Waals surface area contributed by atoms with Gasteiger partial charge in [0.1, 0.15) is 36.3 Å². The molecule has 0 amide bonds. The fourth-order valence-electron chi connectivity index (χ4n) is 3.98. The Kier molecular flexibility index (Phi) is 6.83. The summed E-state index contributed by atoms with van der Waals surface area (Å²) < 4.78 is 12.2. The second kappa shape index (κ2) is 9.42. The second-order valence-electron chi connectivity index (χ2n) is 7.61. The van der Waals surface area contributed by atoms with Crippen molar-refractivity contribution >= 4 is 33.0 Å². The number of fused-ring (bicyclic) bond motifs is 1. The molecule has 0 unspecified atom stereocenters. The molecule has 0 spiro atoms. The third-order valence-corrected chi connectivity index (χ3v) is 7.01. The third kappa shape index (κ3) is 4.32. The van der Waals surface area contributed by atoms with E-state index in [4.69, 9.17) is 21.1 Å². The van der Waals surface area contributed by atoms with Crippen molar-refractivity contribution in [2.75, 3.05) is 13.2 Å². The molecule has 2 heterocycles. The molecule has 31 heavy (non-hydrogen) atoms. The molecule has 6 nitrogen and oxygen atoms in total. The number of aliphatic hydroxyl groups excluding tert-OH is 4. The summed E-state index contributed by atoms with van der Waals surface area (Å²) >= 11 is 8.18. The van der Waals surface area contributed by atoms with Gasteiger partial charge >= 0.3 is 0 Å². The van der Waals surface area contributed by atoms with Crippen LogP contribution >= 0.6 is 22.9 Å². The highest BCUT2D eigenvalue weighted by molar-refractivity contribution is 7.17. The predicted molar refractivity (Wildman–Crippen MR) is 120 cm³/mol. The lowest BCUT2D eigenvalue weighted by Gasteiger charge is -2.40. The molecule has 0 aliphatic carbocycles. The summed E-state index contributed by atoms with van der Waals surface area (Å²) in [7, 11) is 0. The Bertz CT molecular complexity index is 1030. The van der Waals surface area contributed by atoms with E-state index in [0.29, 0.717) is 23.6 Å². The van der Waals surface area contributed by atoms with Crippen molar-refractivity contribution in [1.82, 2.24) is 0 Å². The van der Waals surface area contributed by atoms with Crippen molar-refractivity contribution in [3.05, 3.63) is 63.5 Å². The first kappa shape index (κ1) is 22.5. The number of halogens is 1. The van der Waals surface area contributed by atoms with Gasteiger partial charge in [-0.2, -0.15) is 0 Å². The maximum atomic E-state index is 10.6. The van der Waals surface area contributed by atoms with Crippen LogP contribution in [0.4, 0.5) is 0 Å². The Labute approximate surface area is 189 Å². The lowest BCUT2D eigenvalue weighted by molar-refractivity contribution is -0.231. The van der Waals surface area contributed by atoms with Crippen molar-refractivity contribution in [3.63, 3.8) is 0 Å². The molecular weight excluding hydrogens is 440 g/mol. The van der Waals surface area contributed by atoms with E-state index >= 15 is 0 Å². The molecule has 1 aromatic heterocycles. The van der Waals surface area contributed by atoms with Crippen LogP contribution in [0.25, 0.3) is 10.1 Å². The number of hydrogen-bond donors (Lipinski definition) is 4. The maximum Gasteiger partial charge on any atom is 0.119 e. The molecule has 1 fully saturated rings. The molecule has 0 radical (unpaired) electrons. The van der Waals surface area contributed by atoms with E-state index in [0.717, 1.165) is 27.0 Å². The SMILES string of the molecule is CCOc1ccc(Cc2cc([C@@H]3O[C@H](CO)[C@@H](O)[C@H](O)[C@H]3O)c3sccc3c2Cl)cc1. The van der Waals surface area contributed by atoms with Crippen molar-refractivity contribution in [2.45, 2.75) is 43.9 Å². The van der Waals surface area contributed by atoms with Gasteiger partial charge in [0.2, 0.25) is 0 Å². The number of aliphatic hydroxyl groups is 4. The number of hydrogen-bond acceptors (Lipinski definition) is 7. The minimum absolute atomic E-state index is 0.471. The summed E-state index contributed by atoms with van der Waals surface area (Å²) in [5, 5.41) is 43.9. The summed E-state index contributed by atoms with van der Waals surface area (Å²) in [6.45, 7) is 2.06. The van der Waals surface area contributed by atoms with Gasteiger partial charge in [0, 0.05) is 15.6 Å². The van der Waals surface area contributed by atoms with E-state index in [1.807, 2.05) is 48.7 Å². The van der Waals surface area contributed by atoms with Gasteiger partial charge in [0.25, 0.3) is 0 Å². The molecule has 4 N–H and O–H groups in total. The summed E-state index contributed by atoms with van der Waals surface area (Å²) in [4.78, 5) is 0. The van der Waals surface area contributed by atoms with Gasteiger partial charge in [0.15, 0.2) is 0 Å². The highest BCUT2D eigenvalue weighted by Gasteiger charge is 2.44. The highest BCUT2D eigenvalue weighted by atomic mass is 35.5. The van der Waals surface area contributed by atoms with E-state index < -0.39 is 37.1 Å². The summed E-state index contributed by atoms with van der Waals surface area (Å²) in [6, 6.07) is 11.6. The number of thiophene rings is 1. The molecule has 1 saturated heterocycles. The molecule has 2 aromatic carbocycles. The number of ether oxygens (including phenoxy) is 2. The average molecular weight is 465 g/mol. The fourth-order valence-corrected chi connectivity index (χ4v) is 5.27. The van der Waals surface area contributed by atoms with E-state index in [2.05, 4.69) is 0 Å². The van der Waals surface area contributed by atoms with Crippen LogP contribution in [-0.4, -0.2) is 58.1 Å². The van der Waals surface area contributed by atoms with E-state index in [-0.39, 0.29) is 0 Å². The van der Waals surface area contributed by atoms with Gasteiger partial charge in [-0.25, -0.2) is 0 Å². The zero-order valence-corrected chi connectivity index (χ0v) is 18.5. The molecule has 8 heteroatoms. The summed E-state index contributed by atoms with van der Waals surface area (Å²) in [6.07, 6.45) is -5.50. The van der Waals surface area contributed by atoms with E-state index in [9.17, 15) is 20.4 Å². The number of rotatable bonds is 6. The van der Waals surface area contributed by atoms with E-state index in [1.165, 1.54) is 11.3 Å². The van der Waals surface area contributed by atoms with Crippen LogP contribution in [-0.2, 0) is 11.2 Å². The van der Waals surface area contributed by atoms with Crippen molar-refractivity contribution in [2.24, 2.45) is 0 Å². The molecule has 0 bridgehead atoms. The molecule has 0 saturated carbocycles. The van der Waals surface area contributed by atoms with Gasteiger partial charge in [0.05, 0.1) is 18.2 Å². The third-order valence-electron chi connectivity index (χ3n) is 5.60. The maximum absolute atomic E-state index is 10.6. The zero-order valence-electron chi connectivity index (χ0n) is 16.9. The van der Waals surface area contributed by atoms with Gasteiger partial charge in [-0.05, 0) is 54.1 Å². The van der Waals surface area contributed by atoms with Crippen molar-refractivity contribution < 1.29 is 29.9 Å². The molecule has 4 rings (SSSR count). The van der Waals surface area contributed by atoms with Gasteiger partial charge in [-0.3, -0.25) is 0 Å². The summed E-state index contributed by atoms with van der Waals surface area (Å²) in [5.41, 5.74) is 2.57. The molecule has 166 valence electrons. The molecule has 1 aliphatic rings. The van der Waals surface area contributed by atoms with Crippen LogP contribution in [0.1, 0.15) is 29.7 Å². The van der Waals surface area contributed by atoms with Crippen LogP contribution in [0.5, 0.6) is 5.75 Å². The van der Waals surface area contributed by atoms with Gasteiger partial charge in [-0.1, -0.05) is 23.7 Å². The van der Waals surface area contributed by atoms with Gasteiger partial charge in [-0.15, -0.1) is 11.3 Å². The number of benzene rings is 2. The van der Waals surface area contributed by atoms with Crippen LogP contribution in [0, 0.1) is 0 Å². The quantitative estimate of drug-likeness (QED) is 0.447. The minimum Gasteiger partial charge on any atom is -0.494 e. The molecule has 5 atom stereocenters. The first-order valence-electron chi connectivity index (χ1n) is 10.1. The largest absolute Gasteiger partial charge is 0.494 e. The van der Waals surface area contributed by atoms with Crippen molar-refractivity contribution in [1.29, 1.82) is 0 Å². The lowest BCUT2D eigenvalue weighted by atomic mass is 9.89. The van der Waals surface area contributed by atoms with Crippen LogP contribution in [0.2, 0.25) is 5.02 Å². The van der Waals surface area contributed by atoms with Crippen LogP contribution < -0.4 is 4.74 Å². The first-order chi connectivity index (χ1) is 14.9. The fraction of sp³-hybridized carbons (Fsp3) is 0.391. The second-order valence-corrected chi connectivity index (χ2v) is 8.90.